The largest absolute Gasteiger partial charge is 0.255 e. The number of nitrogens with zero attached hydrogens (tertiary/aromatic N) is 4. The summed E-state index contributed by atoms with van der Waals surface area (Å²) >= 11 is 0. The molecule has 4 heterocycles. The first-order valence-electron chi connectivity index (χ1n) is 7.01. The maximum absolute atomic E-state index is 4.63. The van der Waals surface area contributed by atoms with Gasteiger partial charge in [-0.3, -0.25) is 9.97 Å². The lowest BCUT2D eigenvalue weighted by Gasteiger charge is -2.04. The van der Waals surface area contributed by atoms with Gasteiger partial charge in [-0.1, -0.05) is 12.1 Å². The molecule has 0 bridgehead atoms. The van der Waals surface area contributed by atoms with E-state index in [1.807, 2.05) is 60.7 Å². The smallest absolute Gasteiger partial charge is 0.160 e. The molecule has 0 aliphatic carbocycles. The summed E-state index contributed by atoms with van der Waals surface area (Å²) in [7, 11) is 0. The summed E-state index contributed by atoms with van der Waals surface area (Å²) in [5.41, 5.74) is 4.02. The lowest BCUT2D eigenvalue weighted by Crippen LogP contribution is -1.92. The van der Waals surface area contributed by atoms with Crippen LogP contribution in [0.5, 0.6) is 0 Å². The predicted octanol–water partition coefficient (Wildman–Crippen LogP) is 3.75. The third-order valence-corrected chi connectivity index (χ3v) is 3.41. The van der Waals surface area contributed by atoms with E-state index in [0.717, 1.165) is 28.2 Å². The van der Waals surface area contributed by atoms with Crippen LogP contribution in [-0.2, 0) is 0 Å². The Morgan fingerprint density at radius 2 is 1.05 bits per heavy atom. The molecule has 0 aliphatic rings. The molecule has 4 heteroatoms. The number of aromatic nitrogens is 4. The molecule has 4 aromatic rings. The minimum Gasteiger partial charge on any atom is -0.255 e. The SMILES string of the molecule is c1ccc(-c2ccc3ccc(-c4ccccn4)nc3n2)nc1. The Bertz CT molecular complexity index is 847. The Morgan fingerprint density at radius 3 is 1.50 bits per heavy atom. The summed E-state index contributed by atoms with van der Waals surface area (Å²) in [6, 6.07) is 19.5. The molecule has 4 nitrogen and oxygen atoms in total. The molecule has 104 valence electrons. The molecular formula is C18H12N4. The number of hydrogen-bond acceptors (Lipinski definition) is 4. The maximum Gasteiger partial charge on any atom is 0.160 e. The van der Waals surface area contributed by atoms with E-state index in [-0.39, 0.29) is 0 Å². The molecule has 0 fully saturated rings. The first kappa shape index (κ1) is 12.6. The second-order valence-electron chi connectivity index (χ2n) is 4.87. The molecule has 4 aromatic heterocycles. The molecule has 22 heavy (non-hydrogen) atoms. The van der Waals surface area contributed by atoms with E-state index >= 15 is 0 Å². The van der Waals surface area contributed by atoms with Crippen LogP contribution in [0.2, 0.25) is 0 Å². The van der Waals surface area contributed by atoms with Gasteiger partial charge in [0.2, 0.25) is 0 Å². The highest BCUT2D eigenvalue weighted by Crippen LogP contribution is 2.21. The normalized spacial score (nSPS) is 10.7. The van der Waals surface area contributed by atoms with Gasteiger partial charge >= 0.3 is 0 Å². The fourth-order valence-corrected chi connectivity index (χ4v) is 2.31. The molecule has 0 unspecified atom stereocenters. The van der Waals surface area contributed by atoms with Crippen molar-refractivity contribution in [3.05, 3.63) is 73.1 Å². The fraction of sp³-hybridized carbons (Fsp3) is 0. The zero-order valence-electron chi connectivity index (χ0n) is 11.7. The van der Waals surface area contributed by atoms with Gasteiger partial charge in [0.1, 0.15) is 0 Å². The Kier molecular flexibility index (Phi) is 3.05. The Balaban J connectivity index is 1.85. The summed E-state index contributed by atoms with van der Waals surface area (Å²) in [5, 5.41) is 0.999. The molecule has 0 aromatic carbocycles. The van der Waals surface area contributed by atoms with Crippen molar-refractivity contribution in [2.24, 2.45) is 0 Å². The van der Waals surface area contributed by atoms with Crippen molar-refractivity contribution in [1.29, 1.82) is 0 Å². The van der Waals surface area contributed by atoms with Gasteiger partial charge in [0.25, 0.3) is 0 Å². The van der Waals surface area contributed by atoms with Gasteiger partial charge < -0.3 is 0 Å². The molecule has 0 spiro atoms. The third kappa shape index (κ3) is 2.31. The van der Waals surface area contributed by atoms with Crippen molar-refractivity contribution in [1.82, 2.24) is 19.9 Å². The molecule has 0 saturated heterocycles. The van der Waals surface area contributed by atoms with E-state index in [2.05, 4.69) is 19.9 Å². The Morgan fingerprint density at radius 1 is 0.500 bits per heavy atom. The molecule has 0 amide bonds. The van der Waals surface area contributed by atoms with Gasteiger partial charge in [0.05, 0.1) is 22.8 Å². The van der Waals surface area contributed by atoms with Crippen LogP contribution in [0.4, 0.5) is 0 Å². The average Bonchev–Trinajstić information content (AvgIpc) is 2.62. The standard InChI is InChI=1S/C18H12N4/c1-3-11-19-14(5-1)16-9-7-13-8-10-17(22-18(13)21-16)15-6-2-4-12-20-15/h1-12H. The van der Waals surface area contributed by atoms with E-state index in [1.54, 1.807) is 12.4 Å². The highest BCUT2D eigenvalue weighted by molar-refractivity contribution is 5.80. The quantitative estimate of drug-likeness (QED) is 0.562. The summed E-state index contributed by atoms with van der Waals surface area (Å²) in [6.45, 7) is 0. The predicted molar refractivity (Wildman–Crippen MR) is 86.0 cm³/mol. The second-order valence-corrected chi connectivity index (χ2v) is 4.87. The van der Waals surface area contributed by atoms with Gasteiger partial charge in [-0.05, 0) is 48.5 Å². The van der Waals surface area contributed by atoms with Gasteiger partial charge in [-0.2, -0.15) is 0 Å². The number of rotatable bonds is 2. The molecule has 0 N–H and O–H groups in total. The van der Waals surface area contributed by atoms with E-state index in [1.165, 1.54) is 0 Å². The summed E-state index contributed by atoms with van der Waals surface area (Å²) in [6.07, 6.45) is 3.53. The van der Waals surface area contributed by atoms with Gasteiger partial charge in [0.15, 0.2) is 5.65 Å². The highest BCUT2D eigenvalue weighted by Gasteiger charge is 2.06. The van der Waals surface area contributed by atoms with Crippen molar-refractivity contribution in [2.75, 3.05) is 0 Å². The van der Waals surface area contributed by atoms with Crippen LogP contribution in [0.3, 0.4) is 0 Å². The Labute approximate surface area is 127 Å². The van der Waals surface area contributed by atoms with E-state index in [0.29, 0.717) is 5.65 Å². The zero-order chi connectivity index (χ0) is 14.8. The van der Waals surface area contributed by atoms with Crippen LogP contribution in [0.1, 0.15) is 0 Å². The van der Waals surface area contributed by atoms with Crippen LogP contribution in [0.15, 0.2) is 73.1 Å². The number of pyridine rings is 4. The first-order chi connectivity index (χ1) is 10.9. The first-order valence-corrected chi connectivity index (χ1v) is 7.01. The van der Waals surface area contributed by atoms with Crippen molar-refractivity contribution >= 4 is 11.0 Å². The van der Waals surface area contributed by atoms with Crippen LogP contribution >= 0.6 is 0 Å². The lowest BCUT2D eigenvalue weighted by atomic mass is 10.2. The second kappa shape index (κ2) is 5.33. The van der Waals surface area contributed by atoms with Crippen LogP contribution < -0.4 is 0 Å². The summed E-state index contributed by atoms with van der Waals surface area (Å²) < 4.78 is 0. The van der Waals surface area contributed by atoms with Gasteiger partial charge in [0, 0.05) is 17.8 Å². The third-order valence-electron chi connectivity index (χ3n) is 3.41. The minimum atomic E-state index is 0.700. The van der Waals surface area contributed by atoms with Crippen LogP contribution in [0.25, 0.3) is 33.8 Å². The molecule has 0 atom stereocenters. The summed E-state index contributed by atoms with van der Waals surface area (Å²) in [5.74, 6) is 0. The molecule has 0 saturated carbocycles. The molecule has 0 radical (unpaired) electrons. The van der Waals surface area contributed by atoms with Crippen LogP contribution in [-0.4, -0.2) is 19.9 Å². The lowest BCUT2D eigenvalue weighted by molar-refractivity contribution is 1.22. The number of hydrogen-bond donors (Lipinski definition) is 0. The summed E-state index contributed by atoms with van der Waals surface area (Å²) in [4.78, 5) is 17.9. The maximum atomic E-state index is 4.63. The minimum absolute atomic E-state index is 0.700. The monoisotopic (exact) mass is 284 g/mol. The number of fused-ring (bicyclic) bond motifs is 1. The molecule has 0 aliphatic heterocycles. The van der Waals surface area contributed by atoms with Gasteiger partial charge in [-0.15, -0.1) is 0 Å². The average molecular weight is 284 g/mol. The van der Waals surface area contributed by atoms with E-state index in [4.69, 9.17) is 0 Å². The van der Waals surface area contributed by atoms with Crippen LogP contribution in [0, 0.1) is 0 Å². The van der Waals surface area contributed by atoms with E-state index < -0.39 is 0 Å². The molecular weight excluding hydrogens is 272 g/mol. The zero-order valence-corrected chi connectivity index (χ0v) is 11.7. The van der Waals surface area contributed by atoms with Crippen molar-refractivity contribution in [3.8, 4) is 22.8 Å². The van der Waals surface area contributed by atoms with Crippen molar-refractivity contribution in [3.63, 3.8) is 0 Å². The molecule has 4 rings (SSSR count). The van der Waals surface area contributed by atoms with Crippen molar-refractivity contribution < 1.29 is 0 Å². The topological polar surface area (TPSA) is 51.6 Å². The highest BCUT2D eigenvalue weighted by atomic mass is 14.9. The van der Waals surface area contributed by atoms with Gasteiger partial charge in [-0.25, -0.2) is 9.97 Å². The Hall–Kier alpha value is -3.14. The fourth-order valence-electron chi connectivity index (χ4n) is 2.31. The van der Waals surface area contributed by atoms with Crippen molar-refractivity contribution in [2.45, 2.75) is 0 Å². The van der Waals surface area contributed by atoms with E-state index in [9.17, 15) is 0 Å².